The molecule has 0 radical (unpaired) electrons. The zero-order valence-electron chi connectivity index (χ0n) is 23.6. The summed E-state index contributed by atoms with van der Waals surface area (Å²) in [5, 5.41) is 9.69. The van der Waals surface area contributed by atoms with E-state index in [1.165, 1.54) is 11.8 Å². The van der Waals surface area contributed by atoms with Gasteiger partial charge in [-0.15, -0.1) is 5.10 Å². The number of allylic oxidation sites excluding steroid dienone is 2. The smallest absolute Gasteiger partial charge is 0.227 e. The summed E-state index contributed by atoms with van der Waals surface area (Å²) in [7, 11) is 0. The van der Waals surface area contributed by atoms with Crippen LogP contribution in [-0.2, 0) is 10.5 Å². The molecule has 1 aliphatic heterocycles. The molecule has 0 amide bonds. The number of hydrogen-bond donors (Lipinski definition) is 1. The normalized spacial score (nSPS) is 17.7. The van der Waals surface area contributed by atoms with Crippen molar-refractivity contribution >= 4 is 35.1 Å². The minimum Gasteiger partial charge on any atom is -0.490 e. The van der Waals surface area contributed by atoms with E-state index >= 15 is 0 Å². The molecule has 1 aromatic heterocycles. The number of halogens is 1. The van der Waals surface area contributed by atoms with Crippen LogP contribution in [0.4, 0.5) is 5.95 Å². The molecule has 0 saturated heterocycles. The summed E-state index contributed by atoms with van der Waals surface area (Å²) in [5.41, 5.74) is 3.48. The minimum atomic E-state index is -0.412. The quantitative estimate of drug-likeness (QED) is 0.183. The Hall–Kier alpha value is -2.97. The molecule has 212 valence electrons. The highest BCUT2D eigenvalue weighted by atomic mass is 35.5. The number of thioether (sulfide) groups is 1. The summed E-state index contributed by atoms with van der Waals surface area (Å²) in [6, 6.07) is 13.4. The minimum absolute atomic E-state index is 0.132. The second-order valence-corrected chi connectivity index (χ2v) is 12.4. The number of ketones is 1. The first-order valence-electron chi connectivity index (χ1n) is 14.0. The molecule has 40 heavy (non-hydrogen) atoms. The van der Waals surface area contributed by atoms with Gasteiger partial charge in [-0.1, -0.05) is 81.2 Å². The molecule has 2 heterocycles. The molecule has 2 aliphatic rings. The number of rotatable bonds is 11. The lowest BCUT2D eigenvalue weighted by Gasteiger charge is -2.38. The van der Waals surface area contributed by atoms with Gasteiger partial charge < -0.3 is 14.8 Å². The topological polar surface area (TPSA) is 78.3 Å². The average Bonchev–Trinajstić information content (AvgIpc) is 3.32. The third-order valence-corrected chi connectivity index (χ3v) is 8.47. The van der Waals surface area contributed by atoms with Crippen molar-refractivity contribution in [3.63, 3.8) is 0 Å². The highest BCUT2D eigenvalue weighted by Crippen LogP contribution is 2.47. The molecule has 0 saturated carbocycles. The van der Waals surface area contributed by atoms with Gasteiger partial charge >= 0.3 is 0 Å². The van der Waals surface area contributed by atoms with Crippen LogP contribution >= 0.6 is 23.4 Å². The predicted octanol–water partition coefficient (Wildman–Crippen LogP) is 7.85. The van der Waals surface area contributed by atoms with Crippen molar-refractivity contribution in [2.24, 2.45) is 5.41 Å². The van der Waals surface area contributed by atoms with Crippen LogP contribution in [-0.4, -0.2) is 33.8 Å². The van der Waals surface area contributed by atoms with E-state index in [0.29, 0.717) is 42.2 Å². The molecule has 9 heteroatoms. The zero-order valence-corrected chi connectivity index (χ0v) is 25.2. The van der Waals surface area contributed by atoms with E-state index in [9.17, 15) is 4.79 Å². The lowest BCUT2D eigenvalue weighted by molar-refractivity contribution is -0.118. The van der Waals surface area contributed by atoms with Crippen LogP contribution in [0.2, 0.25) is 5.02 Å². The Balaban J connectivity index is 1.51. The zero-order chi connectivity index (χ0) is 28.3. The second-order valence-electron chi connectivity index (χ2n) is 11.1. The molecule has 0 spiro atoms. The van der Waals surface area contributed by atoms with Crippen molar-refractivity contribution in [2.75, 3.05) is 18.5 Å². The van der Waals surface area contributed by atoms with E-state index in [4.69, 9.17) is 31.2 Å². The Kier molecular flexibility index (Phi) is 8.76. The maximum atomic E-state index is 13.6. The molecular formula is C31H37ClN4O3S. The fourth-order valence-corrected chi connectivity index (χ4v) is 6.45. The van der Waals surface area contributed by atoms with Crippen molar-refractivity contribution in [1.82, 2.24) is 14.8 Å². The van der Waals surface area contributed by atoms with Crippen molar-refractivity contribution < 1.29 is 14.3 Å². The molecule has 1 atom stereocenters. The lowest BCUT2D eigenvalue weighted by atomic mass is 9.73. The third-order valence-electron chi connectivity index (χ3n) is 7.22. The predicted molar refractivity (Wildman–Crippen MR) is 160 cm³/mol. The monoisotopic (exact) mass is 580 g/mol. The van der Waals surface area contributed by atoms with Crippen LogP contribution < -0.4 is 14.8 Å². The van der Waals surface area contributed by atoms with Gasteiger partial charge in [0.2, 0.25) is 11.1 Å². The molecule has 5 rings (SSSR count). The largest absolute Gasteiger partial charge is 0.490 e. The van der Waals surface area contributed by atoms with E-state index in [1.807, 2.05) is 54.1 Å². The second kappa shape index (κ2) is 12.3. The number of carbonyl (C=O) groups excluding carboxylic acids is 1. The number of nitrogens with one attached hydrogen (secondary N) is 1. The Morgan fingerprint density at radius 1 is 1.10 bits per heavy atom. The van der Waals surface area contributed by atoms with Gasteiger partial charge in [-0.2, -0.15) is 4.98 Å². The van der Waals surface area contributed by atoms with Gasteiger partial charge in [0.15, 0.2) is 17.3 Å². The number of nitrogens with zero attached hydrogens (tertiary/aromatic N) is 3. The first-order valence-corrected chi connectivity index (χ1v) is 15.4. The van der Waals surface area contributed by atoms with Gasteiger partial charge in [0.05, 0.1) is 13.2 Å². The maximum Gasteiger partial charge on any atom is 0.227 e. The van der Waals surface area contributed by atoms with E-state index in [0.717, 1.165) is 58.9 Å². The number of benzene rings is 2. The number of anilines is 1. The summed E-state index contributed by atoms with van der Waals surface area (Å²) in [4.78, 5) is 18.5. The molecule has 0 bridgehead atoms. The fraction of sp³-hybridized carbons (Fsp3) is 0.452. The Bertz CT molecular complexity index is 1420. The molecule has 3 aromatic rings. The van der Waals surface area contributed by atoms with Crippen molar-refractivity contribution in [2.45, 2.75) is 76.8 Å². The molecule has 1 unspecified atom stereocenters. The summed E-state index contributed by atoms with van der Waals surface area (Å²) in [6.07, 6.45) is 4.50. The van der Waals surface area contributed by atoms with Crippen LogP contribution in [0, 0.1) is 5.41 Å². The number of Topliss-reactive ketones (excluding diaryl/α,β-unsaturated/α-hetero) is 1. The number of hydrogen-bond acceptors (Lipinski definition) is 7. The number of fused-ring (bicyclic) bond motifs is 1. The lowest BCUT2D eigenvalue weighted by Crippen LogP contribution is -2.36. The standard InChI is InChI=1S/C31H37ClN4O3S/c1-5-7-10-15-39-25-14-13-20(16-26(25)38-6-2)28-27-23(17-31(3,4)18-24(27)37)33-29-34-30(35-36(28)29)40-19-21-11-8-9-12-22(21)32/h8-9,11-14,16,28H,5-7,10,15,17-19H2,1-4H3,(H,33,34,35). The van der Waals surface area contributed by atoms with Gasteiger partial charge in [0, 0.05) is 28.5 Å². The third kappa shape index (κ3) is 6.18. The molecule has 1 N–H and O–H groups in total. The molecule has 0 fully saturated rings. The van der Waals surface area contributed by atoms with Gasteiger partial charge in [-0.3, -0.25) is 4.79 Å². The van der Waals surface area contributed by atoms with Crippen molar-refractivity contribution in [3.05, 3.63) is 69.9 Å². The number of carbonyl (C=O) groups is 1. The average molecular weight is 581 g/mol. The van der Waals surface area contributed by atoms with E-state index in [-0.39, 0.29) is 11.2 Å². The van der Waals surface area contributed by atoms with Crippen LogP contribution in [0.15, 0.2) is 58.9 Å². The van der Waals surface area contributed by atoms with E-state index < -0.39 is 6.04 Å². The van der Waals surface area contributed by atoms with Crippen molar-refractivity contribution in [1.29, 1.82) is 0 Å². The van der Waals surface area contributed by atoms with Crippen LogP contribution in [0.25, 0.3) is 0 Å². The van der Waals surface area contributed by atoms with Crippen molar-refractivity contribution in [3.8, 4) is 11.5 Å². The van der Waals surface area contributed by atoms with Gasteiger partial charge in [0.25, 0.3) is 0 Å². The number of ether oxygens (including phenoxy) is 2. The van der Waals surface area contributed by atoms with Crippen LogP contribution in [0.1, 0.15) is 77.0 Å². The van der Waals surface area contributed by atoms with Gasteiger partial charge in [-0.25, -0.2) is 4.68 Å². The Morgan fingerprint density at radius 2 is 1.93 bits per heavy atom. The fourth-order valence-electron chi connectivity index (χ4n) is 5.33. The van der Waals surface area contributed by atoms with Gasteiger partial charge in [0.1, 0.15) is 6.04 Å². The summed E-state index contributed by atoms with van der Waals surface area (Å²) in [5.74, 6) is 2.80. The summed E-state index contributed by atoms with van der Waals surface area (Å²) >= 11 is 7.91. The van der Waals surface area contributed by atoms with E-state index in [2.05, 4.69) is 26.1 Å². The van der Waals surface area contributed by atoms with Gasteiger partial charge in [-0.05, 0) is 54.5 Å². The maximum absolute atomic E-state index is 13.6. The summed E-state index contributed by atoms with van der Waals surface area (Å²) in [6.45, 7) is 9.56. The van der Waals surface area contributed by atoms with Crippen LogP contribution in [0.3, 0.4) is 0 Å². The SMILES string of the molecule is CCCCCOc1ccc(C2C3=C(CC(C)(C)CC3=O)Nc3nc(SCc4ccccc4Cl)nn32)cc1OCC. The Morgan fingerprint density at radius 3 is 2.70 bits per heavy atom. The molecule has 1 aliphatic carbocycles. The first-order chi connectivity index (χ1) is 19.3. The highest BCUT2D eigenvalue weighted by Gasteiger charge is 2.42. The molecule has 7 nitrogen and oxygen atoms in total. The van der Waals surface area contributed by atoms with E-state index in [1.54, 1.807) is 0 Å². The molecular weight excluding hydrogens is 544 g/mol. The molecule has 2 aromatic carbocycles. The summed E-state index contributed by atoms with van der Waals surface area (Å²) < 4.78 is 13.9. The Labute approximate surface area is 245 Å². The highest BCUT2D eigenvalue weighted by molar-refractivity contribution is 7.98. The first kappa shape index (κ1) is 28.6. The number of aromatic nitrogens is 3. The van der Waals surface area contributed by atoms with Crippen LogP contribution in [0.5, 0.6) is 11.5 Å². The number of unbranched alkanes of at least 4 members (excludes halogenated alkanes) is 2.